The first-order valence-corrected chi connectivity index (χ1v) is 13.2. The average molecular weight is 526 g/mol. The molecule has 1 amide bonds. The third-order valence-electron chi connectivity index (χ3n) is 5.70. The summed E-state index contributed by atoms with van der Waals surface area (Å²) in [5.74, 6) is -0.721. The summed E-state index contributed by atoms with van der Waals surface area (Å²) >= 11 is 0. The number of esters is 1. The Bertz CT molecular complexity index is 1340. The van der Waals surface area contributed by atoms with E-state index in [1.807, 2.05) is 12.1 Å². The largest absolute Gasteiger partial charge is 0.497 e. The van der Waals surface area contributed by atoms with E-state index in [0.29, 0.717) is 22.7 Å². The molecule has 0 atom stereocenters. The van der Waals surface area contributed by atoms with Gasteiger partial charge in [-0.25, -0.2) is 13.2 Å². The number of hydrogen-bond donors (Lipinski definition) is 2. The number of anilines is 3. The molecular weight excluding hydrogens is 494 g/mol. The van der Waals surface area contributed by atoms with Crippen molar-refractivity contribution in [3.8, 4) is 5.75 Å². The van der Waals surface area contributed by atoms with Gasteiger partial charge in [-0.05, 0) is 87.0 Å². The minimum atomic E-state index is -3.97. The zero-order valence-corrected chi connectivity index (χ0v) is 22.1. The molecule has 0 spiro atoms. The van der Waals surface area contributed by atoms with E-state index in [1.165, 1.54) is 25.3 Å². The Morgan fingerprint density at radius 1 is 0.892 bits per heavy atom. The molecular formula is C27H31N3O6S. The van der Waals surface area contributed by atoms with Crippen LogP contribution in [0.2, 0.25) is 0 Å². The molecule has 0 aromatic heterocycles. The topological polar surface area (TPSA) is 114 Å². The predicted molar refractivity (Wildman–Crippen MR) is 144 cm³/mol. The fraction of sp³-hybridized carbons (Fsp3) is 0.259. The summed E-state index contributed by atoms with van der Waals surface area (Å²) in [7, 11) is -2.46. The van der Waals surface area contributed by atoms with Crippen molar-refractivity contribution in [3.05, 3.63) is 77.9 Å². The highest BCUT2D eigenvalue weighted by atomic mass is 32.2. The minimum absolute atomic E-state index is 0.0500. The summed E-state index contributed by atoms with van der Waals surface area (Å²) < 4.78 is 38.4. The van der Waals surface area contributed by atoms with Gasteiger partial charge >= 0.3 is 5.97 Å². The number of ether oxygens (including phenoxy) is 2. The van der Waals surface area contributed by atoms with E-state index in [1.54, 1.807) is 43.3 Å². The van der Waals surface area contributed by atoms with E-state index in [9.17, 15) is 18.0 Å². The smallest absolute Gasteiger partial charge is 0.338 e. The molecule has 0 aliphatic rings. The molecule has 0 unspecified atom stereocenters. The van der Waals surface area contributed by atoms with E-state index in [-0.39, 0.29) is 10.5 Å². The molecule has 0 aliphatic heterocycles. The van der Waals surface area contributed by atoms with Crippen molar-refractivity contribution in [2.75, 3.05) is 41.7 Å². The van der Waals surface area contributed by atoms with Crippen molar-refractivity contribution in [2.24, 2.45) is 0 Å². The van der Waals surface area contributed by atoms with E-state index < -0.39 is 28.5 Å². The summed E-state index contributed by atoms with van der Waals surface area (Å²) in [6.45, 7) is 7.02. The third-order valence-corrected chi connectivity index (χ3v) is 7.07. The first kappa shape index (κ1) is 27.5. The maximum atomic E-state index is 12.9. The lowest BCUT2D eigenvalue weighted by molar-refractivity contribution is -0.119. The van der Waals surface area contributed by atoms with Crippen molar-refractivity contribution < 1.29 is 27.5 Å². The van der Waals surface area contributed by atoms with Crippen molar-refractivity contribution in [2.45, 2.75) is 25.7 Å². The second-order valence-corrected chi connectivity index (χ2v) is 9.84. The number of rotatable bonds is 11. The highest BCUT2D eigenvalue weighted by Crippen LogP contribution is 2.22. The molecule has 0 aliphatic carbocycles. The molecule has 0 fully saturated rings. The monoisotopic (exact) mass is 525 g/mol. The lowest BCUT2D eigenvalue weighted by Crippen LogP contribution is -2.22. The van der Waals surface area contributed by atoms with Crippen LogP contribution in [0.4, 0.5) is 17.1 Å². The molecule has 0 saturated heterocycles. The zero-order chi connectivity index (χ0) is 27.0. The Morgan fingerprint density at radius 3 is 2.11 bits per heavy atom. The fourth-order valence-electron chi connectivity index (χ4n) is 3.61. The van der Waals surface area contributed by atoms with Gasteiger partial charge in [-0.2, -0.15) is 0 Å². The van der Waals surface area contributed by atoms with Crippen LogP contribution in [0.5, 0.6) is 5.75 Å². The van der Waals surface area contributed by atoms with Crippen LogP contribution in [0.3, 0.4) is 0 Å². The summed E-state index contributed by atoms with van der Waals surface area (Å²) in [6, 6.07) is 17.9. The molecule has 3 aromatic carbocycles. The second kappa shape index (κ2) is 12.3. The standard InChI is InChI=1S/C27H31N3O6S/c1-5-30(6-2)22-12-8-20(9-13-22)28-26(31)18-36-27(32)25-17-24(16-7-19(25)3)37(33,34)29-21-10-14-23(35-4)15-11-21/h7-17,29H,5-6,18H2,1-4H3,(H,28,31). The van der Waals surface area contributed by atoms with Crippen LogP contribution in [-0.4, -0.2) is 47.1 Å². The number of aryl methyl sites for hydroxylation is 1. The van der Waals surface area contributed by atoms with Crippen LogP contribution in [0, 0.1) is 6.92 Å². The first-order chi connectivity index (χ1) is 17.7. The van der Waals surface area contributed by atoms with Gasteiger partial charge in [-0.15, -0.1) is 0 Å². The minimum Gasteiger partial charge on any atom is -0.497 e. The average Bonchev–Trinajstić information content (AvgIpc) is 2.89. The van der Waals surface area contributed by atoms with Crippen molar-refractivity contribution in [1.82, 2.24) is 0 Å². The van der Waals surface area contributed by atoms with E-state index in [0.717, 1.165) is 18.8 Å². The fourth-order valence-corrected chi connectivity index (χ4v) is 4.70. The van der Waals surface area contributed by atoms with Gasteiger partial charge in [0, 0.05) is 30.2 Å². The lowest BCUT2D eigenvalue weighted by Gasteiger charge is -2.21. The number of nitrogens with one attached hydrogen (secondary N) is 2. The first-order valence-electron chi connectivity index (χ1n) is 11.8. The summed E-state index contributed by atoms with van der Waals surface area (Å²) in [5, 5.41) is 2.69. The Labute approximate surface area is 217 Å². The van der Waals surface area contributed by atoms with Gasteiger partial charge in [-0.3, -0.25) is 9.52 Å². The number of benzene rings is 3. The second-order valence-electron chi connectivity index (χ2n) is 8.15. The molecule has 196 valence electrons. The van der Waals surface area contributed by atoms with Crippen LogP contribution in [0.15, 0.2) is 71.6 Å². The van der Waals surface area contributed by atoms with Gasteiger partial charge in [0.25, 0.3) is 15.9 Å². The predicted octanol–water partition coefficient (Wildman–Crippen LogP) is 4.45. The molecule has 3 aromatic rings. The number of hydrogen-bond acceptors (Lipinski definition) is 7. The van der Waals surface area contributed by atoms with Crippen LogP contribution in [0.25, 0.3) is 0 Å². The van der Waals surface area contributed by atoms with Gasteiger partial charge in [0.15, 0.2) is 6.61 Å². The molecule has 10 heteroatoms. The van der Waals surface area contributed by atoms with E-state index >= 15 is 0 Å². The highest BCUT2D eigenvalue weighted by Gasteiger charge is 2.20. The van der Waals surface area contributed by atoms with Gasteiger partial charge < -0.3 is 19.7 Å². The van der Waals surface area contributed by atoms with Gasteiger partial charge in [0.2, 0.25) is 0 Å². The van der Waals surface area contributed by atoms with Gasteiger partial charge in [0.1, 0.15) is 5.75 Å². The summed E-state index contributed by atoms with van der Waals surface area (Å²) in [4.78, 5) is 27.1. The number of methoxy groups -OCH3 is 1. The van der Waals surface area contributed by atoms with Gasteiger partial charge in [-0.1, -0.05) is 6.07 Å². The normalized spacial score (nSPS) is 10.9. The zero-order valence-electron chi connectivity index (χ0n) is 21.3. The van der Waals surface area contributed by atoms with Crippen LogP contribution >= 0.6 is 0 Å². The number of nitrogens with zero attached hydrogens (tertiary/aromatic N) is 1. The number of carbonyl (C=O) groups is 2. The molecule has 9 nitrogen and oxygen atoms in total. The van der Waals surface area contributed by atoms with Crippen LogP contribution < -0.4 is 19.7 Å². The molecule has 2 N–H and O–H groups in total. The number of sulfonamides is 1. The Hall–Kier alpha value is -4.05. The molecule has 0 radical (unpaired) electrons. The van der Waals surface area contributed by atoms with Crippen molar-refractivity contribution in [3.63, 3.8) is 0 Å². The Kier molecular flexibility index (Phi) is 9.13. The Balaban J connectivity index is 1.63. The molecule has 3 rings (SSSR count). The highest BCUT2D eigenvalue weighted by molar-refractivity contribution is 7.92. The van der Waals surface area contributed by atoms with Crippen molar-refractivity contribution >= 4 is 39.0 Å². The van der Waals surface area contributed by atoms with Gasteiger partial charge in [0.05, 0.1) is 17.6 Å². The van der Waals surface area contributed by atoms with Crippen LogP contribution in [0.1, 0.15) is 29.8 Å². The number of amides is 1. The maximum absolute atomic E-state index is 12.9. The molecule has 0 saturated carbocycles. The van der Waals surface area contributed by atoms with Crippen LogP contribution in [-0.2, 0) is 19.6 Å². The molecule has 0 heterocycles. The van der Waals surface area contributed by atoms with Crippen molar-refractivity contribution in [1.29, 1.82) is 0 Å². The third kappa shape index (κ3) is 7.23. The summed E-state index contributed by atoms with van der Waals surface area (Å²) in [6.07, 6.45) is 0. The van der Waals surface area contributed by atoms with E-state index in [4.69, 9.17) is 9.47 Å². The number of carbonyl (C=O) groups excluding carboxylic acids is 2. The SMILES string of the molecule is CCN(CC)c1ccc(NC(=O)COC(=O)c2cc(S(=O)(=O)Nc3ccc(OC)cc3)ccc2C)cc1. The maximum Gasteiger partial charge on any atom is 0.338 e. The summed E-state index contributed by atoms with van der Waals surface area (Å²) in [5.41, 5.74) is 2.52. The lowest BCUT2D eigenvalue weighted by atomic mass is 10.1. The molecule has 0 bridgehead atoms. The Morgan fingerprint density at radius 2 is 1.51 bits per heavy atom. The molecule has 37 heavy (non-hydrogen) atoms. The quantitative estimate of drug-likeness (QED) is 0.356. The van der Waals surface area contributed by atoms with E-state index in [2.05, 4.69) is 28.8 Å².